The van der Waals surface area contributed by atoms with Gasteiger partial charge >= 0.3 is 0 Å². The van der Waals surface area contributed by atoms with Gasteiger partial charge in [-0.3, -0.25) is 4.99 Å². The lowest BCUT2D eigenvalue weighted by molar-refractivity contribution is 0.302. The molecule has 0 aromatic heterocycles. The molecule has 4 aromatic carbocycles. The monoisotopic (exact) mass is 535 g/mol. The maximum atomic E-state index is 5.98. The molecule has 0 saturated heterocycles. The molecular formula is C26H19Br2NO2. The van der Waals surface area contributed by atoms with Crippen LogP contribution in [0.4, 0.5) is 5.69 Å². The first kappa shape index (κ1) is 21.3. The van der Waals surface area contributed by atoms with Gasteiger partial charge in [0.2, 0.25) is 0 Å². The Balaban J connectivity index is 1.41. The fourth-order valence-corrected chi connectivity index (χ4v) is 4.35. The van der Waals surface area contributed by atoms with Crippen molar-refractivity contribution in [2.45, 2.75) is 6.61 Å². The molecule has 0 bridgehead atoms. The summed E-state index contributed by atoms with van der Waals surface area (Å²) in [6, 6.07) is 31.4. The second-order valence-electron chi connectivity index (χ2n) is 6.76. The van der Waals surface area contributed by atoms with Crippen molar-refractivity contribution in [3.8, 4) is 17.2 Å². The number of hydrogen-bond donors (Lipinski definition) is 0. The number of halogens is 2. The Hall–Kier alpha value is -2.89. The molecule has 0 spiro atoms. The number of rotatable bonds is 7. The lowest BCUT2D eigenvalue weighted by atomic mass is 10.2. The summed E-state index contributed by atoms with van der Waals surface area (Å²) < 4.78 is 13.5. The number of aliphatic imine (C=N–C) groups is 1. The van der Waals surface area contributed by atoms with E-state index in [1.807, 2.05) is 103 Å². The van der Waals surface area contributed by atoms with Gasteiger partial charge in [0.05, 0.1) is 14.6 Å². The third kappa shape index (κ3) is 6.06. The van der Waals surface area contributed by atoms with Crippen LogP contribution in [0.1, 0.15) is 11.1 Å². The molecule has 0 atom stereocenters. The third-order valence-electron chi connectivity index (χ3n) is 4.42. The number of benzene rings is 4. The maximum absolute atomic E-state index is 5.98. The Morgan fingerprint density at radius 2 is 1.29 bits per heavy atom. The van der Waals surface area contributed by atoms with Gasteiger partial charge < -0.3 is 9.47 Å². The van der Waals surface area contributed by atoms with Crippen LogP contribution < -0.4 is 9.47 Å². The first-order chi connectivity index (χ1) is 15.2. The minimum Gasteiger partial charge on any atom is -0.487 e. The average molecular weight is 537 g/mol. The van der Waals surface area contributed by atoms with Gasteiger partial charge in [-0.2, -0.15) is 0 Å². The summed E-state index contributed by atoms with van der Waals surface area (Å²) in [7, 11) is 0. The van der Waals surface area contributed by atoms with Gasteiger partial charge in [0.1, 0.15) is 23.9 Å². The molecule has 3 nitrogen and oxygen atoms in total. The van der Waals surface area contributed by atoms with Crippen molar-refractivity contribution < 1.29 is 9.47 Å². The number of ether oxygens (including phenoxy) is 2. The zero-order valence-electron chi connectivity index (χ0n) is 16.5. The molecule has 31 heavy (non-hydrogen) atoms. The van der Waals surface area contributed by atoms with Crippen molar-refractivity contribution in [3.63, 3.8) is 0 Å². The predicted octanol–water partition coefficient (Wildman–Crippen LogP) is 8.33. The van der Waals surface area contributed by atoms with E-state index < -0.39 is 0 Å². The van der Waals surface area contributed by atoms with Crippen LogP contribution in [0.2, 0.25) is 0 Å². The van der Waals surface area contributed by atoms with E-state index >= 15 is 0 Å². The van der Waals surface area contributed by atoms with Crippen LogP contribution in [0.25, 0.3) is 0 Å². The molecule has 5 heteroatoms. The lowest BCUT2D eigenvalue weighted by Crippen LogP contribution is -1.97. The van der Waals surface area contributed by atoms with Crippen molar-refractivity contribution in [2.24, 2.45) is 4.99 Å². The molecule has 154 valence electrons. The zero-order chi connectivity index (χ0) is 21.5. The first-order valence-corrected chi connectivity index (χ1v) is 11.3. The third-order valence-corrected chi connectivity index (χ3v) is 5.60. The Morgan fingerprint density at radius 3 is 1.94 bits per heavy atom. The maximum Gasteiger partial charge on any atom is 0.148 e. The summed E-state index contributed by atoms with van der Waals surface area (Å²) in [5.41, 5.74) is 2.92. The highest BCUT2D eigenvalue weighted by Gasteiger charge is 2.09. The van der Waals surface area contributed by atoms with Crippen molar-refractivity contribution in [3.05, 3.63) is 117 Å². The van der Waals surface area contributed by atoms with E-state index in [4.69, 9.17) is 9.47 Å². The molecule has 4 rings (SSSR count). The van der Waals surface area contributed by atoms with Gasteiger partial charge in [-0.1, -0.05) is 48.5 Å². The summed E-state index contributed by atoms with van der Waals surface area (Å²) in [6.07, 6.45) is 1.82. The van der Waals surface area contributed by atoms with Crippen LogP contribution in [0.5, 0.6) is 17.2 Å². The summed E-state index contributed by atoms with van der Waals surface area (Å²) in [4.78, 5) is 4.57. The molecule has 0 aliphatic carbocycles. The molecule has 0 heterocycles. The fraction of sp³-hybridized carbons (Fsp3) is 0.0385. The molecule has 0 aliphatic rings. The molecule has 0 saturated carbocycles. The van der Waals surface area contributed by atoms with Crippen LogP contribution in [-0.2, 0) is 6.61 Å². The normalized spacial score (nSPS) is 10.9. The summed E-state index contributed by atoms with van der Waals surface area (Å²) >= 11 is 7.21. The summed E-state index contributed by atoms with van der Waals surface area (Å²) in [5, 5.41) is 0. The standard InChI is InChI=1S/C26H19Br2NO2/c27-24-15-20(16-25(28)26(24)30-18-19-7-3-1-4-8-19)17-29-21-11-13-23(14-12-21)31-22-9-5-2-6-10-22/h1-17H,18H2. The summed E-state index contributed by atoms with van der Waals surface area (Å²) in [6.45, 7) is 0.503. The zero-order valence-corrected chi connectivity index (χ0v) is 19.7. The van der Waals surface area contributed by atoms with Crippen LogP contribution in [0.3, 0.4) is 0 Å². The highest BCUT2D eigenvalue weighted by molar-refractivity contribution is 9.11. The van der Waals surface area contributed by atoms with E-state index in [1.54, 1.807) is 0 Å². The molecule has 0 fully saturated rings. The number of hydrogen-bond acceptors (Lipinski definition) is 3. The van der Waals surface area contributed by atoms with E-state index in [0.717, 1.165) is 43.0 Å². The Morgan fingerprint density at radius 1 is 0.710 bits per heavy atom. The van der Waals surface area contributed by atoms with Crippen molar-refractivity contribution >= 4 is 43.8 Å². The largest absolute Gasteiger partial charge is 0.487 e. The van der Waals surface area contributed by atoms with Gasteiger partial charge in [0, 0.05) is 6.21 Å². The van der Waals surface area contributed by atoms with Gasteiger partial charge in [-0.05, 0) is 91.5 Å². The van der Waals surface area contributed by atoms with Crippen molar-refractivity contribution in [1.82, 2.24) is 0 Å². The Bertz CT molecular complexity index is 1140. The second kappa shape index (κ2) is 10.4. The van der Waals surface area contributed by atoms with Crippen LogP contribution in [0, 0.1) is 0 Å². The average Bonchev–Trinajstić information content (AvgIpc) is 2.79. The van der Waals surface area contributed by atoms with E-state index in [1.165, 1.54) is 0 Å². The van der Waals surface area contributed by atoms with Crippen LogP contribution in [-0.4, -0.2) is 6.21 Å². The topological polar surface area (TPSA) is 30.8 Å². The molecule has 0 aliphatic heterocycles. The minimum absolute atomic E-state index is 0.503. The summed E-state index contributed by atoms with van der Waals surface area (Å²) in [5.74, 6) is 2.35. The van der Waals surface area contributed by atoms with Crippen molar-refractivity contribution in [2.75, 3.05) is 0 Å². The van der Waals surface area contributed by atoms with Gasteiger partial charge in [-0.25, -0.2) is 0 Å². The lowest BCUT2D eigenvalue weighted by Gasteiger charge is -2.11. The minimum atomic E-state index is 0.503. The van der Waals surface area contributed by atoms with E-state index in [2.05, 4.69) is 36.9 Å². The van der Waals surface area contributed by atoms with Gasteiger partial charge in [0.25, 0.3) is 0 Å². The second-order valence-corrected chi connectivity index (χ2v) is 8.46. The number of para-hydroxylation sites is 1. The molecule has 0 amide bonds. The first-order valence-electron chi connectivity index (χ1n) is 9.70. The molecule has 0 N–H and O–H groups in total. The smallest absolute Gasteiger partial charge is 0.148 e. The Labute approximate surface area is 198 Å². The highest BCUT2D eigenvalue weighted by atomic mass is 79.9. The van der Waals surface area contributed by atoms with E-state index in [9.17, 15) is 0 Å². The van der Waals surface area contributed by atoms with E-state index in [0.29, 0.717) is 6.61 Å². The molecule has 0 radical (unpaired) electrons. The predicted molar refractivity (Wildman–Crippen MR) is 133 cm³/mol. The molecule has 4 aromatic rings. The number of nitrogens with zero attached hydrogens (tertiary/aromatic N) is 1. The Kier molecular flexibility index (Phi) is 7.18. The quantitative estimate of drug-likeness (QED) is 0.222. The van der Waals surface area contributed by atoms with Crippen molar-refractivity contribution in [1.29, 1.82) is 0 Å². The van der Waals surface area contributed by atoms with Crippen LogP contribution >= 0.6 is 31.9 Å². The van der Waals surface area contributed by atoms with Gasteiger partial charge in [0.15, 0.2) is 0 Å². The molecule has 0 unspecified atom stereocenters. The van der Waals surface area contributed by atoms with E-state index in [-0.39, 0.29) is 0 Å². The van der Waals surface area contributed by atoms with Gasteiger partial charge in [-0.15, -0.1) is 0 Å². The van der Waals surface area contributed by atoms with Crippen LogP contribution in [0.15, 0.2) is 111 Å². The highest BCUT2D eigenvalue weighted by Crippen LogP contribution is 2.35. The SMILES string of the molecule is Brc1cc(C=Nc2ccc(Oc3ccccc3)cc2)cc(Br)c1OCc1ccccc1. The fourth-order valence-electron chi connectivity index (χ4n) is 2.90. The molecular weight excluding hydrogens is 518 g/mol.